The van der Waals surface area contributed by atoms with Gasteiger partial charge < -0.3 is 15.5 Å². The molecular formula is C18H31Cl2N3O. The van der Waals surface area contributed by atoms with Crippen LogP contribution in [0.25, 0.3) is 0 Å². The smallest absolute Gasteiger partial charge is 0.227 e. The van der Waals surface area contributed by atoms with Gasteiger partial charge in [0.1, 0.15) is 0 Å². The second-order valence-electron chi connectivity index (χ2n) is 6.71. The van der Waals surface area contributed by atoms with Crippen molar-refractivity contribution in [2.75, 3.05) is 33.7 Å². The minimum Gasteiger partial charge on any atom is -0.345 e. The van der Waals surface area contributed by atoms with Crippen LogP contribution in [0.5, 0.6) is 0 Å². The molecule has 0 saturated carbocycles. The molecular weight excluding hydrogens is 345 g/mol. The average Bonchev–Trinajstić information content (AvgIpc) is 2.53. The predicted octanol–water partition coefficient (Wildman–Crippen LogP) is 2.97. The van der Waals surface area contributed by atoms with Crippen molar-refractivity contribution >= 4 is 30.7 Å². The summed E-state index contributed by atoms with van der Waals surface area (Å²) in [5.74, 6) is 0.520. The molecule has 0 spiro atoms. The van der Waals surface area contributed by atoms with Gasteiger partial charge in [-0.05, 0) is 37.9 Å². The zero-order valence-corrected chi connectivity index (χ0v) is 16.5. The normalized spacial score (nSPS) is 20.2. The molecule has 0 aromatic heterocycles. The standard InChI is InChI=1S/C18H29N3O.2ClH/c1-14(17(19)16-9-5-4-6-10-16)18(22)21(3)13-15-8-7-11-20(2)12-15;;/h4-6,9-10,14-15,17H,7-8,11-13,19H2,1-3H3;2*1H. The summed E-state index contributed by atoms with van der Waals surface area (Å²) in [6.07, 6.45) is 2.43. The molecule has 1 aromatic carbocycles. The molecule has 4 nitrogen and oxygen atoms in total. The van der Waals surface area contributed by atoms with Crippen molar-refractivity contribution in [3.63, 3.8) is 0 Å². The van der Waals surface area contributed by atoms with E-state index in [-0.39, 0.29) is 42.7 Å². The highest BCUT2D eigenvalue weighted by molar-refractivity contribution is 5.85. The molecule has 3 unspecified atom stereocenters. The summed E-state index contributed by atoms with van der Waals surface area (Å²) >= 11 is 0. The molecule has 3 atom stereocenters. The Hall–Kier alpha value is -0.810. The van der Waals surface area contributed by atoms with Gasteiger partial charge in [0.2, 0.25) is 5.91 Å². The molecule has 1 fully saturated rings. The number of hydrogen-bond donors (Lipinski definition) is 1. The number of nitrogens with zero attached hydrogens (tertiary/aromatic N) is 2. The predicted molar refractivity (Wildman–Crippen MR) is 105 cm³/mol. The molecule has 0 bridgehead atoms. The van der Waals surface area contributed by atoms with Gasteiger partial charge in [-0.25, -0.2) is 0 Å². The molecule has 1 amide bonds. The molecule has 0 radical (unpaired) electrons. The van der Waals surface area contributed by atoms with Gasteiger partial charge in [0.05, 0.1) is 5.92 Å². The number of halogens is 2. The number of likely N-dealkylation sites (tertiary alicyclic amines) is 1. The first-order valence-electron chi connectivity index (χ1n) is 8.23. The van der Waals surface area contributed by atoms with Crippen LogP contribution in [0.15, 0.2) is 30.3 Å². The van der Waals surface area contributed by atoms with Gasteiger partial charge >= 0.3 is 0 Å². The van der Waals surface area contributed by atoms with E-state index in [1.54, 1.807) is 0 Å². The van der Waals surface area contributed by atoms with Crippen LogP contribution in [0.1, 0.15) is 31.4 Å². The Bertz CT molecular complexity index is 486. The van der Waals surface area contributed by atoms with E-state index in [0.29, 0.717) is 5.92 Å². The van der Waals surface area contributed by atoms with E-state index >= 15 is 0 Å². The zero-order chi connectivity index (χ0) is 16.1. The number of carbonyl (C=O) groups excluding carboxylic acids is 1. The fourth-order valence-electron chi connectivity index (χ4n) is 3.36. The highest BCUT2D eigenvalue weighted by atomic mass is 35.5. The van der Waals surface area contributed by atoms with Gasteiger partial charge in [-0.2, -0.15) is 0 Å². The summed E-state index contributed by atoms with van der Waals surface area (Å²) in [7, 11) is 4.06. The van der Waals surface area contributed by atoms with Crippen molar-refractivity contribution < 1.29 is 4.79 Å². The van der Waals surface area contributed by atoms with Crippen LogP contribution < -0.4 is 5.73 Å². The molecule has 0 aliphatic carbocycles. The summed E-state index contributed by atoms with van der Waals surface area (Å²) in [6, 6.07) is 9.64. The van der Waals surface area contributed by atoms with Crippen LogP contribution in [0.4, 0.5) is 0 Å². The Morgan fingerprint density at radius 2 is 1.96 bits per heavy atom. The minimum absolute atomic E-state index is 0. The monoisotopic (exact) mass is 375 g/mol. The molecule has 2 N–H and O–H groups in total. The Labute approximate surface area is 158 Å². The number of rotatable bonds is 5. The number of nitrogens with two attached hydrogens (primary N) is 1. The van der Waals surface area contributed by atoms with Crippen molar-refractivity contribution in [3.8, 4) is 0 Å². The Morgan fingerprint density at radius 1 is 1.33 bits per heavy atom. The van der Waals surface area contributed by atoms with Gasteiger partial charge in [0, 0.05) is 26.2 Å². The topological polar surface area (TPSA) is 49.6 Å². The fourth-order valence-corrected chi connectivity index (χ4v) is 3.36. The number of piperidine rings is 1. The highest BCUT2D eigenvalue weighted by Gasteiger charge is 2.27. The van der Waals surface area contributed by atoms with Gasteiger partial charge in [0.25, 0.3) is 0 Å². The molecule has 1 aliphatic heterocycles. The first-order chi connectivity index (χ1) is 10.5. The number of hydrogen-bond acceptors (Lipinski definition) is 3. The second kappa shape index (κ2) is 10.9. The SMILES string of the molecule is CC(C(=O)N(C)CC1CCCN(C)C1)C(N)c1ccccc1.Cl.Cl. The van der Waals surface area contributed by atoms with Gasteiger partial charge in [-0.3, -0.25) is 4.79 Å². The van der Waals surface area contributed by atoms with Crippen LogP contribution in [0, 0.1) is 11.8 Å². The Morgan fingerprint density at radius 3 is 2.54 bits per heavy atom. The van der Waals surface area contributed by atoms with Crippen molar-refractivity contribution in [1.82, 2.24) is 9.80 Å². The van der Waals surface area contributed by atoms with E-state index in [0.717, 1.165) is 18.7 Å². The fraction of sp³-hybridized carbons (Fsp3) is 0.611. The molecule has 1 saturated heterocycles. The van der Waals surface area contributed by atoms with Crippen molar-refractivity contribution in [2.24, 2.45) is 17.6 Å². The van der Waals surface area contributed by atoms with Crippen molar-refractivity contribution in [2.45, 2.75) is 25.8 Å². The minimum atomic E-state index is -0.245. The quantitative estimate of drug-likeness (QED) is 0.860. The molecule has 2 rings (SSSR count). The van der Waals surface area contributed by atoms with Crippen molar-refractivity contribution in [3.05, 3.63) is 35.9 Å². The maximum absolute atomic E-state index is 12.6. The van der Waals surface area contributed by atoms with E-state index in [1.165, 1.54) is 19.4 Å². The molecule has 1 heterocycles. The van der Waals surface area contributed by atoms with E-state index < -0.39 is 0 Å². The summed E-state index contributed by atoms with van der Waals surface area (Å²) in [5, 5.41) is 0. The summed E-state index contributed by atoms with van der Waals surface area (Å²) in [4.78, 5) is 16.9. The largest absolute Gasteiger partial charge is 0.345 e. The number of amides is 1. The van der Waals surface area contributed by atoms with Gasteiger partial charge in [-0.1, -0.05) is 37.3 Å². The highest BCUT2D eigenvalue weighted by Crippen LogP contribution is 2.22. The van der Waals surface area contributed by atoms with E-state index in [9.17, 15) is 4.79 Å². The summed E-state index contributed by atoms with van der Waals surface area (Å²) < 4.78 is 0. The zero-order valence-electron chi connectivity index (χ0n) is 14.9. The van der Waals surface area contributed by atoms with E-state index in [2.05, 4.69) is 11.9 Å². The maximum Gasteiger partial charge on any atom is 0.227 e. The molecule has 1 aromatic rings. The molecule has 6 heteroatoms. The second-order valence-corrected chi connectivity index (χ2v) is 6.71. The molecule has 24 heavy (non-hydrogen) atoms. The first kappa shape index (κ1) is 23.2. The van der Waals surface area contributed by atoms with Crippen LogP contribution >= 0.6 is 24.8 Å². The third-order valence-corrected chi connectivity index (χ3v) is 4.74. The molecule has 138 valence electrons. The molecule has 1 aliphatic rings. The average molecular weight is 376 g/mol. The Kier molecular flexibility index (Phi) is 10.6. The van der Waals surface area contributed by atoms with Crippen LogP contribution in [0.2, 0.25) is 0 Å². The first-order valence-corrected chi connectivity index (χ1v) is 8.23. The summed E-state index contributed by atoms with van der Waals surface area (Å²) in [6.45, 7) is 5.01. The van der Waals surface area contributed by atoms with Crippen LogP contribution in [-0.4, -0.2) is 49.4 Å². The third kappa shape index (κ3) is 6.25. The van der Waals surface area contributed by atoms with Gasteiger partial charge in [-0.15, -0.1) is 24.8 Å². The lowest BCUT2D eigenvalue weighted by molar-refractivity contribution is -0.135. The summed E-state index contributed by atoms with van der Waals surface area (Å²) in [5.41, 5.74) is 7.30. The lowest BCUT2D eigenvalue weighted by atomic mass is 9.93. The van der Waals surface area contributed by atoms with Gasteiger partial charge in [0.15, 0.2) is 0 Å². The number of benzene rings is 1. The van der Waals surface area contributed by atoms with Crippen LogP contribution in [0.3, 0.4) is 0 Å². The van der Waals surface area contributed by atoms with E-state index in [4.69, 9.17) is 5.73 Å². The Balaban J connectivity index is 0.00000264. The number of carbonyl (C=O) groups is 1. The lowest BCUT2D eigenvalue weighted by Gasteiger charge is -2.33. The lowest BCUT2D eigenvalue weighted by Crippen LogP contribution is -2.43. The van der Waals surface area contributed by atoms with Crippen molar-refractivity contribution in [1.29, 1.82) is 0 Å². The maximum atomic E-state index is 12.6. The van der Waals surface area contributed by atoms with Crippen LogP contribution in [-0.2, 0) is 4.79 Å². The third-order valence-electron chi connectivity index (χ3n) is 4.74. The van der Waals surface area contributed by atoms with E-state index in [1.807, 2.05) is 49.2 Å².